The van der Waals surface area contributed by atoms with E-state index in [1.54, 1.807) is 91.1 Å². The number of carbonyl (C=O) groups is 3. The average molecular weight is 589 g/mol. The molecule has 0 saturated heterocycles. The number of rotatable bonds is 14. The molecule has 0 heterocycles. The minimum atomic E-state index is -0.587. The fourth-order valence-electron chi connectivity index (χ4n) is 3.22. The van der Waals surface area contributed by atoms with Crippen LogP contribution in [0.1, 0.15) is 31.9 Å². The third-order valence-electron chi connectivity index (χ3n) is 5.18. The monoisotopic (exact) mass is 588 g/mol. The van der Waals surface area contributed by atoms with E-state index >= 15 is 0 Å². The third-order valence-corrected chi connectivity index (χ3v) is 5.18. The number of benzene rings is 2. The molecule has 2 aromatic rings. The van der Waals surface area contributed by atoms with Gasteiger partial charge in [-0.2, -0.15) is 0 Å². The summed E-state index contributed by atoms with van der Waals surface area (Å²) in [5, 5.41) is 0. The van der Waals surface area contributed by atoms with Crippen molar-refractivity contribution in [3.8, 4) is 17.2 Å². The quantitative estimate of drug-likeness (QED) is 0.0723. The van der Waals surface area contributed by atoms with E-state index in [0.29, 0.717) is 11.3 Å². The van der Waals surface area contributed by atoms with Gasteiger partial charge in [-0.25, -0.2) is 14.4 Å². The lowest BCUT2D eigenvalue weighted by Gasteiger charge is -2.08. The van der Waals surface area contributed by atoms with Crippen molar-refractivity contribution in [1.29, 1.82) is 0 Å². The molecule has 0 unspecified atom stereocenters. The van der Waals surface area contributed by atoms with Gasteiger partial charge in [0, 0.05) is 24.3 Å². The zero-order valence-electron chi connectivity index (χ0n) is 25.0. The van der Waals surface area contributed by atoms with Gasteiger partial charge in [-0.3, -0.25) is 0 Å². The third kappa shape index (κ3) is 15.3. The molecule has 0 aliphatic carbocycles. The van der Waals surface area contributed by atoms with Crippen LogP contribution in [-0.4, -0.2) is 17.9 Å². The Morgan fingerprint density at radius 2 is 0.795 bits per heavy atom. The first-order valence-electron chi connectivity index (χ1n) is 13.9. The maximum absolute atomic E-state index is 12.3. The zero-order valence-corrected chi connectivity index (χ0v) is 25.0. The van der Waals surface area contributed by atoms with Crippen LogP contribution in [0, 0.1) is 0 Å². The Morgan fingerprint density at radius 1 is 0.432 bits per heavy atom. The molecule has 0 amide bonds. The second-order valence-corrected chi connectivity index (χ2v) is 8.71. The van der Waals surface area contributed by atoms with Crippen LogP contribution >= 0.6 is 0 Å². The number of ether oxygens (including phenoxy) is 3. The van der Waals surface area contributed by atoms with E-state index in [9.17, 15) is 14.4 Å². The summed E-state index contributed by atoms with van der Waals surface area (Å²) in [4.78, 5) is 36.7. The van der Waals surface area contributed by atoms with Crippen LogP contribution in [0.2, 0.25) is 0 Å². The molecule has 0 atom stereocenters. The van der Waals surface area contributed by atoms with Gasteiger partial charge in [0.2, 0.25) is 0 Å². The number of carbonyl (C=O) groups excluding carboxylic acids is 3. The smallest absolute Gasteiger partial charge is 0.336 e. The minimum Gasteiger partial charge on any atom is -0.423 e. The largest absolute Gasteiger partial charge is 0.423 e. The second-order valence-electron chi connectivity index (χ2n) is 8.71. The normalized spacial score (nSPS) is 12.7. The van der Waals surface area contributed by atoms with Gasteiger partial charge in [0.05, 0.1) is 0 Å². The molecule has 0 aliphatic rings. The topological polar surface area (TPSA) is 78.9 Å². The highest BCUT2D eigenvalue weighted by molar-refractivity contribution is 5.86. The summed E-state index contributed by atoms with van der Waals surface area (Å²) in [5.74, 6) is -0.851. The Bertz CT molecular complexity index is 1470. The maximum Gasteiger partial charge on any atom is 0.336 e. The van der Waals surface area contributed by atoms with E-state index in [-0.39, 0.29) is 11.5 Å². The summed E-state index contributed by atoms with van der Waals surface area (Å²) < 4.78 is 16.2. The molecular weight excluding hydrogens is 552 g/mol. The van der Waals surface area contributed by atoms with Crippen LogP contribution in [0.3, 0.4) is 0 Å². The van der Waals surface area contributed by atoms with Crippen molar-refractivity contribution in [2.24, 2.45) is 0 Å². The number of hydrogen-bond acceptors (Lipinski definition) is 6. The lowest BCUT2D eigenvalue weighted by atomic mass is 10.1. The molecule has 0 aromatic heterocycles. The summed E-state index contributed by atoms with van der Waals surface area (Å²) in [7, 11) is 0. The lowest BCUT2D eigenvalue weighted by molar-refractivity contribution is -0.130. The Kier molecular flexibility index (Phi) is 16.5. The molecule has 0 N–H and O–H groups in total. The van der Waals surface area contributed by atoms with Crippen molar-refractivity contribution in [1.82, 2.24) is 0 Å². The van der Waals surface area contributed by atoms with Crippen LogP contribution in [-0.2, 0) is 14.4 Å². The van der Waals surface area contributed by atoms with E-state index in [0.717, 1.165) is 5.56 Å². The highest BCUT2D eigenvalue weighted by Gasteiger charge is 2.08. The van der Waals surface area contributed by atoms with Crippen LogP contribution in [0.4, 0.5) is 0 Å². The molecule has 6 nitrogen and oxygen atoms in total. The molecule has 0 aliphatic heterocycles. The number of allylic oxidation sites excluding steroid dienone is 15. The summed E-state index contributed by atoms with van der Waals surface area (Å²) in [5.41, 5.74) is 1.45. The van der Waals surface area contributed by atoms with E-state index in [1.807, 2.05) is 69.4 Å². The van der Waals surface area contributed by atoms with Crippen molar-refractivity contribution < 1.29 is 28.6 Å². The van der Waals surface area contributed by atoms with Crippen molar-refractivity contribution in [3.63, 3.8) is 0 Å². The van der Waals surface area contributed by atoms with Crippen LogP contribution < -0.4 is 14.2 Å². The van der Waals surface area contributed by atoms with Crippen molar-refractivity contribution in [2.75, 3.05) is 0 Å². The SMILES string of the molecule is C/C=C/C=C/C=C/C(=O)Oc1ccc(/C=C/c2cc(OC(=O)/C=C/C=C/C=C/C)cc(OC(=O)/C=C/C=C/C=C/C)c2)cc1. The van der Waals surface area contributed by atoms with Gasteiger partial charge in [0.15, 0.2) is 0 Å². The predicted molar refractivity (Wildman–Crippen MR) is 178 cm³/mol. The van der Waals surface area contributed by atoms with Crippen molar-refractivity contribution >= 4 is 30.1 Å². The summed E-state index contributed by atoms with van der Waals surface area (Å²) in [6.45, 7) is 5.69. The first kappa shape index (κ1) is 34.5. The van der Waals surface area contributed by atoms with Gasteiger partial charge in [0.1, 0.15) is 17.2 Å². The Balaban J connectivity index is 2.19. The highest BCUT2D eigenvalue weighted by atomic mass is 16.5. The van der Waals surface area contributed by atoms with Crippen molar-refractivity contribution in [2.45, 2.75) is 20.8 Å². The molecule has 0 fully saturated rings. The van der Waals surface area contributed by atoms with E-state index in [1.165, 1.54) is 24.3 Å². The fraction of sp³-hybridized carbons (Fsp3) is 0.0789. The van der Waals surface area contributed by atoms with E-state index in [4.69, 9.17) is 14.2 Å². The van der Waals surface area contributed by atoms with Crippen LogP contribution in [0.25, 0.3) is 12.2 Å². The van der Waals surface area contributed by atoms with Crippen molar-refractivity contribution in [3.05, 3.63) is 163 Å². The first-order chi connectivity index (χ1) is 21.4. The Labute approximate surface area is 259 Å². The molecule has 224 valence electrons. The minimum absolute atomic E-state index is 0.204. The fourth-order valence-corrected chi connectivity index (χ4v) is 3.22. The summed E-state index contributed by atoms with van der Waals surface area (Å²) >= 11 is 0. The van der Waals surface area contributed by atoms with Gasteiger partial charge in [0.25, 0.3) is 0 Å². The van der Waals surface area contributed by atoms with Gasteiger partial charge in [-0.05, 0) is 56.2 Å². The number of esters is 3. The standard InChI is InChI=1S/C38H36O6/c1-4-7-10-13-16-19-36(39)42-33-26-24-31(25-27-33)22-23-32-28-34(43-37(40)20-17-14-11-8-5-2)30-35(29-32)44-38(41)21-18-15-12-9-6-3/h4-30H,1-3H3/b7-4+,8-5+,9-6+,13-10+,14-11+,15-12+,19-16+,20-17+,21-18+,23-22+. The van der Waals surface area contributed by atoms with Gasteiger partial charge < -0.3 is 14.2 Å². The molecule has 2 aromatic carbocycles. The molecule has 0 spiro atoms. The van der Waals surface area contributed by atoms with Gasteiger partial charge in [-0.1, -0.05) is 115 Å². The van der Waals surface area contributed by atoms with E-state index < -0.39 is 17.9 Å². The number of hydrogen-bond donors (Lipinski definition) is 0. The summed E-state index contributed by atoms with van der Waals surface area (Å²) in [6.07, 6.45) is 33.9. The zero-order chi connectivity index (χ0) is 31.8. The average Bonchev–Trinajstić information content (AvgIpc) is 3.00. The summed E-state index contributed by atoms with van der Waals surface area (Å²) in [6, 6.07) is 11.7. The van der Waals surface area contributed by atoms with Gasteiger partial charge in [-0.15, -0.1) is 0 Å². The molecule has 44 heavy (non-hydrogen) atoms. The molecule has 0 saturated carbocycles. The molecule has 6 heteroatoms. The Hall–Kier alpha value is -5.75. The van der Waals surface area contributed by atoms with Crippen LogP contribution in [0.5, 0.6) is 17.2 Å². The van der Waals surface area contributed by atoms with E-state index in [2.05, 4.69) is 0 Å². The molecule has 2 rings (SSSR count). The molecule has 0 bridgehead atoms. The molecule has 0 radical (unpaired) electrons. The van der Waals surface area contributed by atoms with Crippen LogP contribution in [0.15, 0.2) is 152 Å². The first-order valence-corrected chi connectivity index (χ1v) is 13.9. The predicted octanol–water partition coefficient (Wildman–Crippen LogP) is 8.64. The maximum atomic E-state index is 12.3. The Morgan fingerprint density at radius 3 is 1.20 bits per heavy atom. The van der Waals surface area contributed by atoms with Gasteiger partial charge >= 0.3 is 17.9 Å². The highest BCUT2D eigenvalue weighted by Crippen LogP contribution is 2.25. The lowest BCUT2D eigenvalue weighted by Crippen LogP contribution is -2.06. The second kappa shape index (κ2) is 21.0. The molecular formula is C38H36O6.